The fourth-order valence-corrected chi connectivity index (χ4v) is 4.89. The molecule has 0 spiro atoms. The second kappa shape index (κ2) is 12.8. The highest BCUT2D eigenvalue weighted by Crippen LogP contribution is 2.33. The molecule has 0 saturated heterocycles. The highest BCUT2D eigenvalue weighted by atomic mass is 35.5. The van der Waals surface area contributed by atoms with Crippen LogP contribution in [0.3, 0.4) is 0 Å². The van der Waals surface area contributed by atoms with Crippen molar-refractivity contribution in [1.82, 2.24) is 25.6 Å². The van der Waals surface area contributed by atoms with Gasteiger partial charge in [-0.05, 0) is 46.2 Å². The minimum atomic E-state index is -0.455. The van der Waals surface area contributed by atoms with Gasteiger partial charge in [0, 0.05) is 41.0 Å². The summed E-state index contributed by atoms with van der Waals surface area (Å²) in [6, 6.07) is 26.1. The van der Waals surface area contributed by atoms with E-state index in [0.29, 0.717) is 51.2 Å². The fraction of sp³-hybridized carbons (Fsp3) is 0.167. The van der Waals surface area contributed by atoms with Crippen molar-refractivity contribution in [2.24, 2.45) is 5.92 Å². The van der Waals surface area contributed by atoms with Gasteiger partial charge in [-0.3, -0.25) is 0 Å². The lowest BCUT2D eigenvalue weighted by molar-refractivity contribution is 0.262. The Bertz CT molecular complexity index is 1630. The van der Waals surface area contributed by atoms with Gasteiger partial charge in [-0.15, -0.1) is 5.10 Å². The molecule has 0 bridgehead atoms. The summed E-state index contributed by atoms with van der Waals surface area (Å²) >= 11 is 12.3. The molecular weight excluding hydrogens is 559 g/mol. The molecule has 2 heterocycles. The Morgan fingerprint density at radius 1 is 0.927 bits per heavy atom. The first-order valence-electron chi connectivity index (χ1n) is 13.0. The number of carbonyl (C=O) groups is 1. The van der Waals surface area contributed by atoms with Gasteiger partial charge in [0.05, 0.1) is 16.4 Å². The molecule has 0 aliphatic carbocycles. The number of hydrogen-bond donors (Lipinski definition) is 3. The summed E-state index contributed by atoms with van der Waals surface area (Å²) in [5, 5.41) is 21.0. The third-order valence-electron chi connectivity index (χ3n) is 6.18. The topological polar surface area (TPSA) is 112 Å². The zero-order valence-electron chi connectivity index (χ0n) is 22.5. The van der Waals surface area contributed by atoms with E-state index in [2.05, 4.69) is 62.1 Å². The van der Waals surface area contributed by atoms with Gasteiger partial charge in [-0.2, -0.15) is 0 Å². The highest BCUT2D eigenvalue weighted by Gasteiger charge is 2.18. The van der Waals surface area contributed by atoms with E-state index in [0.717, 1.165) is 23.2 Å². The van der Waals surface area contributed by atoms with Crippen molar-refractivity contribution in [2.75, 3.05) is 22.1 Å². The van der Waals surface area contributed by atoms with E-state index in [1.54, 1.807) is 18.2 Å². The summed E-state index contributed by atoms with van der Waals surface area (Å²) in [5.74, 6) is 1.59. The lowest BCUT2D eigenvalue weighted by atomic mass is 10.0. The van der Waals surface area contributed by atoms with Gasteiger partial charge >= 0.3 is 6.03 Å². The molecule has 0 aliphatic heterocycles. The fourth-order valence-electron chi connectivity index (χ4n) is 4.43. The van der Waals surface area contributed by atoms with Crippen molar-refractivity contribution < 1.29 is 4.79 Å². The van der Waals surface area contributed by atoms with E-state index in [4.69, 9.17) is 28.2 Å². The number of hydrogen-bond acceptors (Lipinski definition) is 6. The number of amides is 2. The van der Waals surface area contributed by atoms with Crippen molar-refractivity contribution in [3.8, 4) is 22.6 Å². The molecule has 0 saturated carbocycles. The number of rotatable bonds is 9. The lowest BCUT2D eigenvalue weighted by Crippen LogP contribution is -2.28. The van der Waals surface area contributed by atoms with Gasteiger partial charge in [0.15, 0.2) is 5.82 Å². The molecule has 208 valence electrons. The molecule has 0 unspecified atom stereocenters. The molecule has 0 aliphatic rings. The average Bonchev–Trinajstić information content (AvgIpc) is 3.49. The standard InChI is InChI=1S/C30H28Cl2N8O/c1-19(2)17-40(18-20-8-4-3-5-9-20)28-16-22(33-30(41)35-26-13-12-21(31)14-25(26)32)15-27(34-28)23-10-6-7-11-24(23)29-36-38-39-37-29/h3-16,19H,17-18H2,1-2H3,(H2,33,34,35,41)(H,36,37,38,39). The maximum Gasteiger partial charge on any atom is 0.323 e. The van der Waals surface area contributed by atoms with Crippen LogP contribution in [0.25, 0.3) is 22.6 Å². The molecule has 2 amide bonds. The number of tetrazole rings is 1. The highest BCUT2D eigenvalue weighted by molar-refractivity contribution is 6.36. The SMILES string of the molecule is CC(C)CN(Cc1ccccc1)c1cc(NC(=O)Nc2ccc(Cl)cc2Cl)cc(-c2ccccc2-c2nnn[nH]2)n1. The summed E-state index contributed by atoms with van der Waals surface area (Å²) in [6.45, 7) is 5.73. The number of halogens is 2. The largest absolute Gasteiger partial charge is 0.352 e. The number of anilines is 3. The van der Waals surface area contributed by atoms with Crippen LogP contribution >= 0.6 is 23.2 Å². The number of aromatic amines is 1. The Labute approximate surface area is 247 Å². The van der Waals surface area contributed by atoms with Crippen LogP contribution in [0.5, 0.6) is 0 Å². The Morgan fingerprint density at radius 3 is 2.39 bits per heavy atom. The molecule has 5 rings (SSSR count). The van der Waals surface area contributed by atoms with E-state index < -0.39 is 6.03 Å². The Morgan fingerprint density at radius 2 is 1.68 bits per heavy atom. The summed E-state index contributed by atoms with van der Waals surface area (Å²) < 4.78 is 0. The second-order valence-electron chi connectivity index (χ2n) is 9.86. The summed E-state index contributed by atoms with van der Waals surface area (Å²) in [4.78, 5) is 20.4. The van der Waals surface area contributed by atoms with Crippen LogP contribution in [0.4, 0.5) is 22.0 Å². The maximum atomic E-state index is 13.1. The molecule has 9 nitrogen and oxygen atoms in total. The minimum Gasteiger partial charge on any atom is -0.352 e. The predicted molar refractivity (Wildman–Crippen MR) is 164 cm³/mol. The number of urea groups is 1. The quantitative estimate of drug-likeness (QED) is 0.164. The molecule has 3 aromatic carbocycles. The van der Waals surface area contributed by atoms with Crippen molar-refractivity contribution in [3.05, 3.63) is 101 Å². The van der Waals surface area contributed by atoms with Crippen LogP contribution < -0.4 is 15.5 Å². The molecular formula is C30H28Cl2N8O. The van der Waals surface area contributed by atoms with Crippen molar-refractivity contribution in [3.63, 3.8) is 0 Å². The number of nitrogens with one attached hydrogen (secondary N) is 3. The predicted octanol–water partition coefficient (Wildman–Crippen LogP) is 7.54. The minimum absolute atomic E-state index is 0.337. The van der Waals surface area contributed by atoms with E-state index in [1.807, 2.05) is 54.6 Å². The van der Waals surface area contributed by atoms with Crippen LogP contribution in [0.2, 0.25) is 10.0 Å². The molecule has 0 radical (unpaired) electrons. The number of H-pyrrole nitrogens is 1. The summed E-state index contributed by atoms with van der Waals surface area (Å²) in [7, 11) is 0. The normalized spacial score (nSPS) is 11.0. The van der Waals surface area contributed by atoms with Crippen molar-refractivity contribution in [1.29, 1.82) is 0 Å². The van der Waals surface area contributed by atoms with E-state index >= 15 is 0 Å². The van der Waals surface area contributed by atoms with Gasteiger partial charge in [0.25, 0.3) is 0 Å². The average molecular weight is 588 g/mol. The van der Waals surface area contributed by atoms with E-state index in [9.17, 15) is 4.79 Å². The molecule has 2 aromatic heterocycles. The first kappa shape index (κ1) is 28.1. The third kappa shape index (κ3) is 7.19. The van der Waals surface area contributed by atoms with E-state index in [-0.39, 0.29) is 0 Å². The number of carbonyl (C=O) groups excluding carboxylic acids is 1. The van der Waals surface area contributed by atoms with Crippen LogP contribution in [-0.2, 0) is 6.54 Å². The third-order valence-corrected chi connectivity index (χ3v) is 6.73. The Balaban J connectivity index is 1.55. The second-order valence-corrected chi connectivity index (χ2v) is 10.7. The van der Waals surface area contributed by atoms with Gasteiger partial charge in [0.2, 0.25) is 0 Å². The summed E-state index contributed by atoms with van der Waals surface area (Å²) in [5.41, 5.74) is 4.39. The van der Waals surface area contributed by atoms with Crippen LogP contribution in [-0.4, -0.2) is 38.2 Å². The van der Waals surface area contributed by atoms with Gasteiger partial charge < -0.3 is 15.5 Å². The molecule has 0 fully saturated rings. The first-order valence-corrected chi connectivity index (χ1v) is 13.8. The molecule has 11 heteroatoms. The van der Waals surface area contributed by atoms with E-state index in [1.165, 1.54) is 0 Å². The Kier molecular flexibility index (Phi) is 8.76. The van der Waals surface area contributed by atoms with Crippen LogP contribution in [0.1, 0.15) is 19.4 Å². The van der Waals surface area contributed by atoms with Crippen LogP contribution in [0.15, 0.2) is 84.9 Å². The monoisotopic (exact) mass is 586 g/mol. The first-order chi connectivity index (χ1) is 19.9. The van der Waals surface area contributed by atoms with Crippen LogP contribution in [0, 0.1) is 5.92 Å². The van der Waals surface area contributed by atoms with Gasteiger partial charge in [-0.25, -0.2) is 14.9 Å². The van der Waals surface area contributed by atoms with Crippen molar-refractivity contribution in [2.45, 2.75) is 20.4 Å². The summed E-state index contributed by atoms with van der Waals surface area (Å²) in [6.07, 6.45) is 0. The number of benzene rings is 3. The lowest BCUT2D eigenvalue weighted by Gasteiger charge is -2.27. The van der Waals surface area contributed by atoms with Crippen molar-refractivity contribution >= 4 is 46.4 Å². The molecule has 0 atom stereocenters. The zero-order valence-corrected chi connectivity index (χ0v) is 24.0. The Hall–Kier alpha value is -4.47. The van der Waals surface area contributed by atoms with Gasteiger partial charge in [0.1, 0.15) is 5.82 Å². The number of aromatic nitrogens is 5. The maximum absolute atomic E-state index is 13.1. The smallest absolute Gasteiger partial charge is 0.323 e. The zero-order chi connectivity index (χ0) is 28.8. The number of pyridine rings is 1. The van der Waals surface area contributed by atoms with Gasteiger partial charge in [-0.1, -0.05) is 91.6 Å². The molecule has 5 aromatic rings. The molecule has 3 N–H and O–H groups in total. The number of nitrogens with zero attached hydrogens (tertiary/aromatic N) is 5. The molecule has 41 heavy (non-hydrogen) atoms.